The second kappa shape index (κ2) is 8.80. The first kappa shape index (κ1) is 20.1. The summed E-state index contributed by atoms with van der Waals surface area (Å²) in [5, 5.41) is 9.77. The summed E-state index contributed by atoms with van der Waals surface area (Å²) in [6.45, 7) is 4.97. The number of halogens is 2. The van der Waals surface area contributed by atoms with Crippen molar-refractivity contribution in [3.63, 3.8) is 0 Å². The van der Waals surface area contributed by atoms with Gasteiger partial charge >= 0.3 is 11.9 Å². The van der Waals surface area contributed by atoms with Gasteiger partial charge in [0.25, 0.3) is 0 Å². The predicted octanol–water partition coefficient (Wildman–Crippen LogP) is 3.71. The number of carbonyl (C=O) groups excluding carboxylic acids is 2. The van der Waals surface area contributed by atoms with E-state index in [-0.39, 0.29) is 19.2 Å². The minimum absolute atomic E-state index is 0.211. The first-order valence-corrected chi connectivity index (χ1v) is 8.73. The van der Waals surface area contributed by atoms with Crippen LogP contribution in [0, 0.1) is 5.41 Å². The highest BCUT2D eigenvalue weighted by Gasteiger charge is 2.27. The van der Waals surface area contributed by atoms with E-state index in [0.29, 0.717) is 12.0 Å². The molecule has 0 saturated carbocycles. The maximum atomic E-state index is 11.9. The average Bonchev–Trinajstić information content (AvgIpc) is 2.48. The Hall–Kier alpha value is -0.920. The molecule has 0 fully saturated rings. The van der Waals surface area contributed by atoms with E-state index in [1.165, 1.54) is 0 Å². The van der Waals surface area contributed by atoms with Crippen molar-refractivity contribution in [1.29, 1.82) is 0 Å². The number of carbonyl (C=O) groups is 2. The summed E-state index contributed by atoms with van der Waals surface area (Å²) in [4.78, 5) is 23.7. The average molecular weight is 452 g/mol. The van der Waals surface area contributed by atoms with Gasteiger partial charge in [-0.1, -0.05) is 38.8 Å². The Labute approximate surface area is 152 Å². The van der Waals surface area contributed by atoms with Crippen molar-refractivity contribution in [3.8, 4) is 0 Å². The van der Waals surface area contributed by atoms with E-state index in [2.05, 4.69) is 31.9 Å². The number of ether oxygens (including phenoxy) is 2. The zero-order chi connectivity index (χ0) is 17.6. The van der Waals surface area contributed by atoms with Gasteiger partial charge in [0.2, 0.25) is 0 Å². The highest BCUT2D eigenvalue weighted by atomic mass is 79.9. The van der Waals surface area contributed by atoms with Crippen molar-refractivity contribution >= 4 is 43.8 Å². The summed E-state index contributed by atoms with van der Waals surface area (Å²) < 4.78 is 11.5. The molecule has 0 heterocycles. The van der Waals surface area contributed by atoms with Crippen molar-refractivity contribution in [2.45, 2.75) is 33.3 Å². The SMILES string of the molecule is CCC(C)(C)C(=O)OCC(O)COC(=O)c1cc(Br)cc(Br)c1. The molecule has 1 atom stereocenters. The van der Waals surface area contributed by atoms with Gasteiger partial charge < -0.3 is 14.6 Å². The van der Waals surface area contributed by atoms with Crippen molar-refractivity contribution < 1.29 is 24.2 Å². The van der Waals surface area contributed by atoms with Gasteiger partial charge in [-0.25, -0.2) is 4.79 Å². The summed E-state index contributed by atoms with van der Waals surface area (Å²) >= 11 is 6.57. The van der Waals surface area contributed by atoms with Gasteiger partial charge in [-0.2, -0.15) is 0 Å². The molecule has 0 spiro atoms. The Morgan fingerprint density at radius 3 is 2.17 bits per heavy atom. The van der Waals surface area contributed by atoms with Crippen LogP contribution in [0.2, 0.25) is 0 Å². The van der Waals surface area contributed by atoms with Crippen molar-refractivity contribution in [3.05, 3.63) is 32.7 Å². The summed E-state index contributed by atoms with van der Waals surface area (Å²) in [5.41, 5.74) is -0.249. The van der Waals surface area contributed by atoms with E-state index < -0.39 is 17.5 Å². The zero-order valence-electron chi connectivity index (χ0n) is 13.3. The van der Waals surface area contributed by atoms with Crippen LogP contribution in [0.4, 0.5) is 0 Å². The van der Waals surface area contributed by atoms with Crippen LogP contribution in [0.1, 0.15) is 37.6 Å². The van der Waals surface area contributed by atoms with Crippen LogP contribution >= 0.6 is 31.9 Å². The van der Waals surface area contributed by atoms with Crippen molar-refractivity contribution in [2.75, 3.05) is 13.2 Å². The van der Waals surface area contributed by atoms with Crippen LogP contribution in [-0.4, -0.2) is 36.4 Å². The molecule has 1 unspecified atom stereocenters. The lowest BCUT2D eigenvalue weighted by Gasteiger charge is -2.21. The van der Waals surface area contributed by atoms with E-state index in [0.717, 1.165) is 8.95 Å². The minimum Gasteiger partial charge on any atom is -0.462 e. The Kier molecular flexibility index (Phi) is 7.70. The van der Waals surface area contributed by atoms with Crippen LogP contribution in [0.15, 0.2) is 27.1 Å². The zero-order valence-corrected chi connectivity index (χ0v) is 16.4. The van der Waals surface area contributed by atoms with E-state index in [1.54, 1.807) is 32.0 Å². The third kappa shape index (κ3) is 6.61. The fraction of sp³-hybridized carbons (Fsp3) is 0.500. The molecule has 0 saturated heterocycles. The Morgan fingerprint density at radius 2 is 1.65 bits per heavy atom. The normalized spacial score (nSPS) is 12.6. The van der Waals surface area contributed by atoms with Gasteiger partial charge in [0, 0.05) is 8.95 Å². The van der Waals surface area contributed by atoms with Crippen molar-refractivity contribution in [2.24, 2.45) is 5.41 Å². The first-order chi connectivity index (χ1) is 10.7. The van der Waals surface area contributed by atoms with Gasteiger partial charge in [0.1, 0.15) is 19.3 Å². The summed E-state index contributed by atoms with van der Waals surface area (Å²) in [5.74, 6) is -0.951. The lowest BCUT2D eigenvalue weighted by molar-refractivity contribution is -0.157. The molecule has 0 aliphatic rings. The topological polar surface area (TPSA) is 72.8 Å². The quantitative estimate of drug-likeness (QED) is 0.639. The molecule has 23 heavy (non-hydrogen) atoms. The maximum Gasteiger partial charge on any atom is 0.338 e. The lowest BCUT2D eigenvalue weighted by atomic mass is 9.91. The third-order valence-electron chi connectivity index (χ3n) is 3.35. The maximum absolute atomic E-state index is 11.9. The number of esters is 2. The second-order valence-corrected chi connectivity index (χ2v) is 7.58. The molecule has 128 valence electrons. The van der Waals surface area contributed by atoms with Gasteiger partial charge in [0.05, 0.1) is 11.0 Å². The molecule has 0 aliphatic heterocycles. The number of benzene rings is 1. The molecular weight excluding hydrogens is 432 g/mol. The van der Waals surface area contributed by atoms with Crippen LogP contribution in [-0.2, 0) is 14.3 Å². The fourth-order valence-electron chi connectivity index (χ4n) is 1.49. The highest BCUT2D eigenvalue weighted by molar-refractivity contribution is 9.11. The molecule has 1 aromatic rings. The molecular formula is C16H20Br2O5. The van der Waals surface area contributed by atoms with E-state index >= 15 is 0 Å². The summed E-state index contributed by atoms with van der Waals surface area (Å²) in [7, 11) is 0. The third-order valence-corrected chi connectivity index (χ3v) is 4.26. The molecule has 0 radical (unpaired) electrons. The molecule has 0 amide bonds. The number of rotatable bonds is 7. The predicted molar refractivity (Wildman–Crippen MR) is 93.2 cm³/mol. The Bertz CT molecular complexity index is 551. The molecule has 1 aromatic carbocycles. The van der Waals surface area contributed by atoms with Gasteiger partial charge in [-0.3, -0.25) is 4.79 Å². The molecule has 7 heteroatoms. The standard InChI is InChI=1S/C16H20Br2O5/c1-4-16(2,3)15(21)23-9-13(19)8-22-14(20)10-5-11(17)7-12(18)6-10/h5-7,13,19H,4,8-9H2,1-3H3. The molecule has 0 bridgehead atoms. The monoisotopic (exact) mass is 450 g/mol. The second-order valence-electron chi connectivity index (χ2n) is 5.75. The van der Waals surface area contributed by atoms with Crippen molar-refractivity contribution in [1.82, 2.24) is 0 Å². The Balaban J connectivity index is 2.45. The summed E-state index contributed by atoms with van der Waals surface area (Å²) in [6, 6.07) is 5.02. The fourth-order valence-corrected chi connectivity index (χ4v) is 2.78. The van der Waals surface area contributed by atoms with Crippen LogP contribution in [0.25, 0.3) is 0 Å². The minimum atomic E-state index is -1.06. The van der Waals surface area contributed by atoms with Gasteiger partial charge in [-0.05, 0) is 38.5 Å². The van der Waals surface area contributed by atoms with E-state index in [9.17, 15) is 14.7 Å². The lowest BCUT2D eigenvalue weighted by Crippen LogP contribution is -2.31. The van der Waals surface area contributed by atoms with Crippen LogP contribution in [0.3, 0.4) is 0 Å². The first-order valence-electron chi connectivity index (χ1n) is 7.14. The number of aliphatic hydroxyl groups excluding tert-OH is 1. The number of hydrogen-bond acceptors (Lipinski definition) is 5. The van der Waals surface area contributed by atoms with Crippen LogP contribution in [0.5, 0.6) is 0 Å². The molecule has 0 aliphatic carbocycles. The van der Waals surface area contributed by atoms with Gasteiger partial charge in [-0.15, -0.1) is 0 Å². The van der Waals surface area contributed by atoms with E-state index in [4.69, 9.17) is 9.47 Å². The molecule has 1 rings (SSSR count). The molecule has 5 nitrogen and oxygen atoms in total. The van der Waals surface area contributed by atoms with E-state index in [1.807, 2.05) is 6.92 Å². The molecule has 0 aromatic heterocycles. The van der Waals surface area contributed by atoms with Crippen LogP contribution < -0.4 is 0 Å². The molecule has 1 N–H and O–H groups in total. The highest BCUT2D eigenvalue weighted by Crippen LogP contribution is 2.22. The number of hydrogen-bond donors (Lipinski definition) is 1. The largest absolute Gasteiger partial charge is 0.462 e. The number of aliphatic hydroxyl groups is 1. The smallest absolute Gasteiger partial charge is 0.338 e. The summed E-state index contributed by atoms with van der Waals surface area (Å²) in [6.07, 6.45) is -0.430. The Morgan fingerprint density at radius 1 is 1.13 bits per heavy atom. The van der Waals surface area contributed by atoms with Gasteiger partial charge in [0.15, 0.2) is 0 Å².